The Hall–Kier alpha value is -2.92. The fraction of sp³-hybridized carbons (Fsp3) is 0. The maximum Gasteiger partial charge on any atom is 0.274 e. The molecule has 3 aromatic rings. The standard InChI is InChI=1S/C18H13ClFN3O/c19-12-5-7-13(8-6-12)22-14-9-10-17(21-11-14)18(24)23-16-4-2-1-3-15(16)20/h1-11,22H,(H,23,24). The molecule has 0 bridgehead atoms. The summed E-state index contributed by atoms with van der Waals surface area (Å²) in [5, 5.41) is 6.29. The van der Waals surface area contributed by atoms with Crippen molar-refractivity contribution in [3.05, 3.63) is 83.4 Å². The molecule has 0 atom stereocenters. The van der Waals surface area contributed by atoms with E-state index in [0.717, 1.165) is 11.4 Å². The van der Waals surface area contributed by atoms with Gasteiger partial charge in [0.05, 0.1) is 17.6 Å². The first-order valence-electron chi connectivity index (χ1n) is 7.16. The van der Waals surface area contributed by atoms with E-state index in [2.05, 4.69) is 15.6 Å². The molecule has 2 N–H and O–H groups in total. The predicted octanol–water partition coefficient (Wildman–Crippen LogP) is 4.87. The normalized spacial score (nSPS) is 10.2. The van der Waals surface area contributed by atoms with Gasteiger partial charge in [-0.25, -0.2) is 9.37 Å². The van der Waals surface area contributed by atoms with Crippen LogP contribution < -0.4 is 10.6 Å². The summed E-state index contributed by atoms with van der Waals surface area (Å²) in [6, 6.07) is 16.5. The third kappa shape index (κ3) is 3.88. The number of hydrogen-bond acceptors (Lipinski definition) is 3. The van der Waals surface area contributed by atoms with Gasteiger partial charge in [0, 0.05) is 10.7 Å². The quantitative estimate of drug-likeness (QED) is 0.711. The molecule has 0 fully saturated rings. The van der Waals surface area contributed by atoms with Crippen molar-refractivity contribution in [1.29, 1.82) is 0 Å². The van der Waals surface area contributed by atoms with Crippen molar-refractivity contribution in [3.8, 4) is 0 Å². The summed E-state index contributed by atoms with van der Waals surface area (Å²) in [4.78, 5) is 16.2. The zero-order valence-electron chi connectivity index (χ0n) is 12.5. The number of nitrogens with one attached hydrogen (secondary N) is 2. The number of anilines is 3. The van der Waals surface area contributed by atoms with Crippen LogP contribution in [0.1, 0.15) is 10.5 Å². The van der Waals surface area contributed by atoms with Crippen LogP contribution in [-0.2, 0) is 0 Å². The van der Waals surface area contributed by atoms with Gasteiger partial charge in [-0.2, -0.15) is 0 Å². The maximum absolute atomic E-state index is 13.5. The summed E-state index contributed by atoms with van der Waals surface area (Å²) in [6.45, 7) is 0. The highest BCUT2D eigenvalue weighted by atomic mass is 35.5. The molecular formula is C18H13ClFN3O. The van der Waals surface area contributed by atoms with Gasteiger partial charge in [0.1, 0.15) is 11.5 Å². The lowest BCUT2D eigenvalue weighted by Gasteiger charge is -2.08. The van der Waals surface area contributed by atoms with Gasteiger partial charge in [0.2, 0.25) is 0 Å². The highest BCUT2D eigenvalue weighted by Crippen LogP contribution is 2.19. The largest absolute Gasteiger partial charge is 0.354 e. The second kappa shape index (κ2) is 7.10. The summed E-state index contributed by atoms with van der Waals surface area (Å²) in [7, 11) is 0. The Morgan fingerprint density at radius 2 is 1.67 bits per heavy atom. The van der Waals surface area contributed by atoms with Crippen LogP contribution in [0, 0.1) is 5.82 Å². The van der Waals surface area contributed by atoms with Gasteiger partial charge in [-0.15, -0.1) is 0 Å². The molecule has 1 heterocycles. The number of carbonyl (C=O) groups is 1. The molecule has 0 aliphatic heterocycles. The zero-order valence-corrected chi connectivity index (χ0v) is 13.2. The minimum absolute atomic E-state index is 0.118. The van der Waals surface area contributed by atoms with Crippen LogP contribution >= 0.6 is 11.6 Å². The van der Waals surface area contributed by atoms with E-state index in [1.165, 1.54) is 18.3 Å². The first kappa shape index (κ1) is 16.0. The van der Waals surface area contributed by atoms with E-state index in [-0.39, 0.29) is 11.4 Å². The summed E-state index contributed by atoms with van der Waals surface area (Å²) >= 11 is 5.84. The van der Waals surface area contributed by atoms with Crippen molar-refractivity contribution in [2.75, 3.05) is 10.6 Å². The lowest BCUT2D eigenvalue weighted by atomic mass is 10.2. The molecule has 3 rings (SSSR count). The lowest BCUT2D eigenvalue weighted by Crippen LogP contribution is -2.14. The monoisotopic (exact) mass is 341 g/mol. The predicted molar refractivity (Wildman–Crippen MR) is 93.3 cm³/mol. The number of aromatic nitrogens is 1. The number of amides is 1. The average Bonchev–Trinajstić information content (AvgIpc) is 2.59. The Morgan fingerprint density at radius 1 is 0.958 bits per heavy atom. The van der Waals surface area contributed by atoms with Crippen LogP contribution in [0.2, 0.25) is 5.02 Å². The SMILES string of the molecule is O=C(Nc1ccccc1F)c1ccc(Nc2ccc(Cl)cc2)cn1. The number of carbonyl (C=O) groups excluding carboxylic acids is 1. The number of pyridine rings is 1. The Balaban J connectivity index is 1.68. The van der Waals surface area contributed by atoms with E-state index in [1.54, 1.807) is 36.4 Å². The molecule has 0 radical (unpaired) electrons. The van der Waals surface area contributed by atoms with Crippen molar-refractivity contribution in [3.63, 3.8) is 0 Å². The fourth-order valence-corrected chi connectivity index (χ4v) is 2.18. The van der Waals surface area contributed by atoms with Crippen molar-refractivity contribution in [2.24, 2.45) is 0 Å². The van der Waals surface area contributed by atoms with E-state index in [0.29, 0.717) is 5.02 Å². The molecule has 0 saturated heterocycles. The number of hydrogen-bond donors (Lipinski definition) is 2. The first-order chi connectivity index (χ1) is 11.6. The zero-order chi connectivity index (χ0) is 16.9. The first-order valence-corrected chi connectivity index (χ1v) is 7.54. The van der Waals surface area contributed by atoms with E-state index >= 15 is 0 Å². The van der Waals surface area contributed by atoms with E-state index < -0.39 is 11.7 Å². The molecule has 120 valence electrons. The average molecular weight is 342 g/mol. The van der Waals surface area contributed by atoms with Gasteiger partial charge in [0.25, 0.3) is 5.91 Å². The molecule has 0 aliphatic carbocycles. The fourth-order valence-electron chi connectivity index (χ4n) is 2.05. The Kier molecular flexibility index (Phi) is 4.72. The molecule has 2 aromatic carbocycles. The summed E-state index contributed by atoms with van der Waals surface area (Å²) in [5.74, 6) is -0.968. The number of benzene rings is 2. The van der Waals surface area contributed by atoms with Crippen LogP contribution in [-0.4, -0.2) is 10.9 Å². The van der Waals surface area contributed by atoms with Crippen molar-refractivity contribution < 1.29 is 9.18 Å². The molecule has 0 spiro atoms. The van der Waals surface area contributed by atoms with Crippen molar-refractivity contribution >= 4 is 34.6 Å². The van der Waals surface area contributed by atoms with Crippen LogP contribution in [0.25, 0.3) is 0 Å². The van der Waals surface area contributed by atoms with E-state index in [9.17, 15) is 9.18 Å². The smallest absolute Gasteiger partial charge is 0.274 e. The van der Waals surface area contributed by atoms with Gasteiger partial charge in [-0.1, -0.05) is 23.7 Å². The molecule has 4 nitrogen and oxygen atoms in total. The van der Waals surface area contributed by atoms with Gasteiger partial charge < -0.3 is 10.6 Å². The van der Waals surface area contributed by atoms with E-state index in [4.69, 9.17) is 11.6 Å². The summed E-state index contributed by atoms with van der Waals surface area (Å²) < 4.78 is 13.5. The third-order valence-electron chi connectivity index (χ3n) is 3.25. The summed E-state index contributed by atoms with van der Waals surface area (Å²) in [6.07, 6.45) is 1.53. The minimum Gasteiger partial charge on any atom is -0.354 e. The molecule has 1 amide bonds. The Labute approximate surface area is 143 Å². The molecule has 24 heavy (non-hydrogen) atoms. The van der Waals surface area contributed by atoms with E-state index in [1.807, 2.05) is 12.1 Å². The number of nitrogens with zero attached hydrogens (tertiary/aromatic N) is 1. The van der Waals surface area contributed by atoms with Crippen LogP contribution in [0.5, 0.6) is 0 Å². The molecule has 0 aliphatic rings. The lowest BCUT2D eigenvalue weighted by molar-refractivity contribution is 0.102. The van der Waals surface area contributed by atoms with Gasteiger partial charge in [0.15, 0.2) is 0 Å². The van der Waals surface area contributed by atoms with Crippen LogP contribution in [0.3, 0.4) is 0 Å². The van der Waals surface area contributed by atoms with Crippen LogP contribution in [0.15, 0.2) is 66.9 Å². The van der Waals surface area contributed by atoms with Gasteiger partial charge in [-0.3, -0.25) is 4.79 Å². The topological polar surface area (TPSA) is 54.0 Å². The third-order valence-corrected chi connectivity index (χ3v) is 3.50. The van der Waals surface area contributed by atoms with Gasteiger partial charge >= 0.3 is 0 Å². The van der Waals surface area contributed by atoms with Gasteiger partial charge in [-0.05, 0) is 48.5 Å². The highest BCUT2D eigenvalue weighted by Gasteiger charge is 2.10. The second-order valence-corrected chi connectivity index (χ2v) is 5.43. The molecule has 0 unspecified atom stereocenters. The summed E-state index contributed by atoms with van der Waals surface area (Å²) in [5.41, 5.74) is 1.89. The number of rotatable bonds is 4. The number of para-hydroxylation sites is 1. The molecule has 1 aromatic heterocycles. The molecular weight excluding hydrogens is 329 g/mol. The van der Waals surface area contributed by atoms with Crippen molar-refractivity contribution in [2.45, 2.75) is 0 Å². The minimum atomic E-state index is -0.494. The molecule has 6 heteroatoms. The number of halogens is 2. The molecule has 0 saturated carbocycles. The van der Waals surface area contributed by atoms with Crippen molar-refractivity contribution in [1.82, 2.24) is 4.98 Å². The highest BCUT2D eigenvalue weighted by molar-refractivity contribution is 6.30. The van der Waals surface area contributed by atoms with Crippen LogP contribution in [0.4, 0.5) is 21.5 Å². The maximum atomic E-state index is 13.5. The Morgan fingerprint density at radius 3 is 2.33 bits per heavy atom. The second-order valence-electron chi connectivity index (χ2n) is 5.00. The Bertz CT molecular complexity index is 851.